The zero-order valence-corrected chi connectivity index (χ0v) is 8.96. The van der Waals surface area contributed by atoms with Crippen LogP contribution in [0.3, 0.4) is 0 Å². The average molecular weight is 208 g/mol. The largest absolute Gasteiger partial charge is 0.396 e. The predicted octanol–water partition coefficient (Wildman–Crippen LogP) is 2.30. The van der Waals surface area contributed by atoms with Crippen molar-refractivity contribution >= 4 is 5.69 Å². The van der Waals surface area contributed by atoms with Crippen molar-refractivity contribution in [3.05, 3.63) is 29.6 Å². The van der Waals surface area contributed by atoms with E-state index in [4.69, 9.17) is 5.73 Å². The number of para-hydroxylation sites is 1. The van der Waals surface area contributed by atoms with Gasteiger partial charge in [0, 0.05) is 12.6 Å². The third kappa shape index (κ3) is 2.29. The summed E-state index contributed by atoms with van der Waals surface area (Å²) in [6.07, 6.45) is 2.46. The quantitative estimate of drug-likeness (QED) is 0.745. The van der Waals surface area contributed by atoms with Crippen LogP contribution in [-0.2, 0) is 6.54 Å². The minimum atomic E-state index is -0.322. The molecule has 15 heavy (non-hydrogen) atoms. The van der Waals surface area contributed by atoms with Gasteiger partial charge >= 0.3 is 0 Å². The molecule has 1 aromatic rings. The Morgan fingerprint density at radius 3 is 3.00 bits per heavy atom. The second-order valence-corrected chi connectivity index (χ2v) is 4.20. The Morgan fingerprint density at radius 1 is 1.53 bits per heavy atom. The van der Waals surface area contributed by atoms with Crippen LogP contribution >= 0.6 is 0 Å². The first-order valence-electron chi connectivity index (χ1n) is 5.48. The van der Waals surface area contributed by atoms with Gasteiger partial charge in [-0.1, -0.05) is 25.5 Å². The summed E-state index contributed by atoms with van der Waals surface area (Å²) in [7, 11) is 0. The minimum Gasteiger partial charge on any atom is -0.396 e. The maximum Gasteiger partial charge on any atom is 0.146 e. The van der Waals surface area contributed by atoms with Crippen molar-refractivity contribution in [3.8, 4) is 0 Å². The number of hydrogen-bond donors (Lipinski definition) is 2. The molecule has 1 fully saturated rings. The van der Waals surface area contributed by atoms with E-state index in [0.717, 1.165) is 11.5 Å². The normalized spacial score (nSPS) is 24.1. The van der Waals surface area contributed by atoms with Crippen molar-refractivity contribution in [2.45, 2.75) is 32.4 Å². The molecule has 1 aromatic carbocycles. The van der Waals surface area contributed by atoms with Gasteiger partial charge in [-0.2, -0.15) is 0 Å². The lowest BCUT2D eigenvalue weighted by molar-refractivity contribution is 0.611. The molecule has 2 unspecified atom stereocenters. The van der Waals surface area contributed by atoms with E-state index in [0.29, 0.717) is 12.6 Å². The molecular weight excluding hydrogens is 191 g/mol. The third-order valence-corrected chi connectivity index (χ3v) is 3.14. The Labute approximate surface area is 89.7 Å². The van der Waals surface area contributed by atoms with Crippen LogP contribution in [0.15, 0.2) is 18.2 Å². The molecule has 82 valence electrons. The highest BCUT2D eigenvalue weighted by atomic mass is 19.1. The van der Waals surface area contributed by atoms with Gasteiger partial charge in [-0.15, -0.1) is 0 Å². The molecule has 0 saturated heterocycles. The Balaban J connectivity index is 1.91. The van der Waals surface area contributed by atoms with Gasteiger partial charge in [-0.3, -0.25) is 0 Å². The molecule has 0 aromatic heterocycles. The zero-order chi connectivity index (χ0) is 10.8. The molecular formula is C12H17FN2. The van der Waals surface area contributed by atoms with Crippen LogP contribution < -0.4 is 11.1 Å². The van der Waals surface area contributed by atoms with Gasteiger partial charge in [-0.05, 0) is 24.0 Å². The molecule has 2 atom stereocenters. The first-order valence-corrected chi connectivity index (χ1v) is 5.48. The van der Waals surface area contributed by atoms with Crippen LogP contribution in [0.5, 0.6) is 0 Å². The Bertz CT molecular complexity index is 351. The summed E-state index contributed by atoms with van der Waals surface area (Å²) in [4.78, 5) is 0. The Hall–Kier alpha value is -1.09. The van der Waals surface area contributed by atoms with Gasteiger partial charge < -0.3 is 11.1 Å². The molecule has 0 amide bonds. The number of anilines is 1. The van der Waals surface area contributed by atoms with Gasteiger partial charge in [0.15, 0.2) is 0 Å². The van der Waals surface area contributed by atoms with E-state index in [1.54, 1.807) is 6.07 Å². The highest BCUT2D eigenvalue weighted by molar-refractivity contribution is 5.47. The number of nitrogen functional groups attached to an aromatic ring is 1. The van der Waals surface area contributed by atoms with Crippen molar-refractivity contribution in [3.63, 3.8) is 0 Å². The smallest absolute Gasteiger partial charge is 0.146 e. The molecule has 2 rings (SSSR count). The Morgan fingerprint density at radius 2 is 2.33 bits per heavy atom. The summed E-state index contributed by atoms with van der Waals surface area (Å²) >= 11 is 0. The topological polar surface area (TPSA) is 38.0 Å². The average Bonchev–Trinajstić information content (AvgIpc) is 2.99. The highest BCUT2D eigenvalue weighted by Gasteiger charge is 2.34. The van der Waals surface area contributed by atoms with E-state index >= 15 is 0 Å². The van der Waals surface area contributed by atoms with E-state index in [2.05, 4.69) is 12.2 Å². The zero-order valence-electron chi connectivity index (χ0n) is 8.96. The van der Waals surface area contributed by atoms with E-state index in [1.165, 1.54) is 18.9 Å². The van der Waals surface area contributed by atoms with Crippen LogP contribution in [0.25, 0.3) is 0 Å². The molecule has 3 N–H and O–H groups in total. The number of benzene rings is 1. The van der Waals surface area contributed by atoms with Gasteiger partial charge in [-0.25, -0.2) is 4.39 Å². The standard InChI is InChI=1S/C12H17FN2/c1-2-8-6-11(8)15-7-9-4-3-5-10(13)12(9)14/h3-5,8,11,15H,2,6-7,14H2,1H3. The summed E-state index contributed by atoms with van der Waals surface area (Å²) in [5, 5.41) is 3.40. The van der Waals surface area contributed by atoms with E-state index in [1.807, 2.05) is 6.07 Å². The second-order valence-electron chi connectivity index (χ2n) is 4.20. The first-order chi connectivity index (χ1) is 7.22. The van der Waals surface area contributed by atoms with Crippen molar-refractivity contribution in [2.24, 2.45) is 5.92 Å². The van der Waals surface area contributed by atoms with Crippen molar-refractivity contribution in [1.29, 1.82) is 0 Å². The highest BCUT2D eigenvalue weighted by Crippen LogP contribution is 2.33. The first kappa shape index (κ1) is 10.4. The molecule has 3 heteroatoms. The van der Waals surface area contributed by atoms with Crippen LogP contribution in [-0.4, -0.2) is 6.04 Å². The SMILES string of the molecule is CCC1CC1NCc1cccc(F)c1N. The van der Waals surface area contributed by atoms with Gasteiger partial charge in [0.1, 0.15) is 5.82 Å². The lowest BCUT2D eigenvalue weighted by Crippen LogP contribution is -2.18. The number of nitrogens with one attached hydrogen (secondary N) is 1. The molecule has 0 heterocycles. The number of halogens is 1. The van der Waals surface area contributed by atoms with Gasteiger partial charge in [0.05, 0.1) is 5.69 Å². The van der Waals surface area contributed by atoms with Crippen molar-refractivity contribution < 1.29 is 4.39 Å². The number of hydrogen-bond acceptors (Lipinski definition) is 2. The van der Waals surface area contributed by atoms with Crippen LogP contribution in [0.2, 0.25) is 0 Å². The summed E-state index contributed by atoms with van der Waals surface area (Å²) in [6.45, 7) is 2.87. The van der Waals surface area contributed by atoms with E-state index in [-0.39, 0.29) is 11.5 Å². The van der Waals surface area contributed by atoms with Crippen molar-refractivity contribution in [2.75, 3.05) is 5.73 Å². The molecule has 0 spiro atoms. The van der Waals surface area contributed by atoms with Crippen molar-refractivity contribution in [1.82, 2.24) is 5.32 Å². The van der Waals surface area contributed by atoms with Gasteiger partial charge in [0.25, 0.3) is 0 Å². The molecule has 2 nitrogen and oxygen atoms in total. The lowest BCUT2D eigenvalue weighted by Gasteiger charge is -2.07. The fourth-order valence-corrected chi connectivity index (χ4v) is 1.93. The second kappa shape index (κ2) is 4.19. The molecule has 0 aliphatic heterocycles. The van der Waals surface area contributed by atoms with Crippen LogP contribution in [0, 0.1) is 11.7 Å². The fraction of sp³-hybridized carbons (Fsp3) is 0.500. The molecule has 1 aliphatic carbocycles. The number of rotatable bonds is 4. The fourth-order valence-electron chi connectivity index (χ4n) is 1.93. The van der Waals surface area contributed by atoms with E-state index in [9.17, 15) is 4.39 Å². The lowest BCUT2D eigenvalue weighted by atomic mass is 10.1. The molecule has 0 bridgehead atoms. The van der Waals surface area contributed by atoms with Crippen LogP contribution in [0.4, 0.5) is 10.1 Å². The number of nitrogens with two attached hydrogens (primary N) is 1. The third-order valence-electron chi connectivity index (χ3n) is 3.14. The molecule has 0 radical (unpaired) electrons. The summed E-state index contributed by atoms with van der Waals surface area (Å²) in [5.41, 5.74) is 6.78. The predicted molar refractivity (Wildman–Crippen MR) is 59.8 cm³/mol. The van der Waals surface area contributed by atoms with Gasteiger partial charge in [0.2, 0.25) is 0 Å². The molecule has 1 aliphatic rings. The minimum absolute atomic E-state index is 0.277. The monoisotopic (exact) mass is 208 g/mol. The maximum atomic E-state index is 13.1. The van der Waals surface area contributed by atoms with E-state index < -0.39 is 0 Å². The summed E-state index contributed by atoms with van der Waals surface area (Å²) < 4.78 is 13.1. The summed E-state index contributed by atoms with van der Waals surface area (Å²) in [5.74, 6) is 0.483. The Kier molecular flexibility index (Phi) is 2.91. The summed E-state index contributed by atoms with van der Waals surface area (Å²) in [6, 6.07) is 5.57. The molecule has 1 saturated carbocycles. The van der Waals surface area contributed by atoms with Crippen LogP contribution in [0.1, 0.15) is 25.3 Å². The maximum absolute atomic E-state index is 13.1.